The Balaban J connectivity index is 2.34. The minimum Gasteiger partial charge on any atom is -0.372 e. The average molecular weight is 151 g/mol. The summed E-state index contributed by atoms with van der Waals surface area (Å²) in [6, 6.07) is 0. The fourth-order valence-corrected chi connectivity index (χ4v) is 1.36. The zero-order valence-corrected chi connectivity index (χ0v) is 7.34. The Morgan fingerprint density at radius 1 is 1.45 bits per heavy atom. The van der Waals surface area contributed by atoms with E-state index < -0.39 is 0 Å². The van der Waals surface area contributed by atoms with E-state index in [0.29, 0.717) is 0 Å². The summed E-state index contributed by atoms with van der Waals surface area (Å²) in [6.07, 6.45) is 8.07. The van der Waals surface area contributed by atoms with Crippen molar-refractivity contribution in [3.05, 3.63) is 24.4 Å². The quantitative estimate of drug-likeness (QED) is 0.560. The highest BCUT2D eigenvalue weighted by molar-refractivity contribution is 5.13. The van der Waals surface area contributed by atoms with Crippen molar-refractivity contribution in [1.82, 2.24) is 4.90 Å². The van der Waals surface area contributed by atoms with E-state index >= 15 is 0 Å². The van der Waals surface area contributed by atoms with Gasteiger partial charge in [-0.1, -0.05) is 19.6 Å². The molecule has 0 radical (unpaired) electrons. The van der Waals surface area contributed by atoms with Crippen LogP contribution in [0.25, 0.3) is 0 Å². The van der Waals surface area contributed by atoms with Crippen LogP contribution in [0.15, 0.2) is 24.4 Å². The number of hydrogen-bond acceptors (Lipinski definition) is 1. The van der Waals surface area contributed by atoms with E-state index in [1.165, 1.54) is 31.6 Å². The highest BCUT2D eigenvalue weighted by atomic mass is 15.1. The van der Waals surface area contributed by atoms with Gasteiger partial charge in [0.05, 0.1) is 0 Å². The number of likely N-dealkylation sites (tertiary alicyclic amines) is 1. The van der Waals surface area contributed by atoms with Crippen molar-refractivity contribution in [3.8, 4) is 0 Å². The van der Waals surface area contributed by atoms with Gasteiger partial charge in [-0.3, -0.25) is 0 Å². The lowest BCUT2D eigenvalue weighted by Crippen LogP contribution is -2.15. The molecule has 0 atom stereocenters. The Bertz CT molecular complexity index is 152. The maximum atomic E-state index is 4.01. The molecule has 0 aromatic rings. The SMILES string of the molecule is C=C(/C=C\CC)N1CCCC1. The molecule has 62 valence electrons. The van der Waals surface area contributed by atoms with Gasteiger partial charge in [0.2, 0.25) is 0 Å². The zero-order valence-electron chi connectivity index (χ0n) is 7.34. The zero-order chi connectivity index (χ0) is 8.10. The minimum atomic E-state index is 1.10. The van der Waals surface area contributed by atoms with E-state index in [1.807, 2.05) is 0 Å². The predicted molar refractivity (Wildman–Crippen MR) is 49.4 cm³/mol. The number of rotatable bonds is 3. The molecule has 0 N–H and O–H groups in total. The summed E-state index contributed by atoms with van der Waals surface area (Å²) < 4.78 is 0. The van der Waals surface area contributed by atoms with Gasteiger partial charge < -0.3 is 4.90 Å². The molecule has 0 saturated carbocycles. The van der Waals surface area contributed by atoms with Crippen molar-refractivity contribution in [2.45, 2.75) is 26.2 Å². The Morgan fingerprint density at radius 3 is 2.64 bits per heavy atom. The van der Waals surface area contributed by atoms with Crippen LogP contribution in [0.4, 0.5) is 0 Å². The van der Waals surface area contributed by atoms with E-state index in [-0.39, 0.29) is 0 Å². The molecule has 0 bridgehead atoms. The van der Waals surface area contributed by atoms with Gasteiger partial charge in [0.25, 0.3) is 0 Å². The van der Waals surface area contributed by atoms with Gasteiger partial charge in [-0.15, -0.1) is 0 Å². The van der Waals surface area contributed by atoms with Crippen LogP contribution in [0.2, 0.25) is 0 Å². The summed E-state index contributed by atoms with van der Waals surface area (Å²) >= 11 is 0. The molecule has 0 spiro atoms. The van der Waals surface area contributed by atoms with Crippen LogP contribution in [0.1, 0.15) is 26.2 Å². The first kappa shape index (κ1) is 8.38. The standard InChI is InChI=1S/C10H17N/c1-3-4-7-10(2)11-8-5-6-9-11/h4,7H,2-3,5-6,8-9H2,1H3/b7-4-. The number of nitrogens with zero attached hydrogens (tertiary/aromatic N) is 1. The topological polar surface area (TPSA) is 3.24 Å². The van der Waals surface area contributed by atoms with Crippen LogP contribution in [0.3, 0.4) is 0 Å². The predicted octanol–water partition coefficient (Wildman–Crippen LogP) is 2.56. The molecule has 1 nitrogen and oxygen atoms in total. The van der Waals surface area contributed by atoms with Gasteiger partial charge in [-0.2, -0.15) is 0 Å². The summed E-state index contributed by atoms with van der Waals surface area (Å²) in [6.45, 7) is 8.56. The fraction of sp³-hybridized carbons (Fsp3) is 0.600. The second-order valence-electron chi connectivity index (χ2n) is 3.00. The van der Waals surface area contributed by atoms with Crippen molar-refractivity contribution in [2.24, 2.45) is 0 Å². The van der Waals surface area contributed by atoms with Crippen LogP contribution < -0.4 is 0 Å². The third-order valence-corrected chi connectivity index (χ3v) is 2.06. The Kier molecular flexibility index (Phi) is 3.21. The Morgan fingerprint density at radius 2 is 2.09 bits per heavy atom. The minimum absolute atomic E-state index is 1.10. The summed E-state index contributed by atoms with van der Waals surface area (Å²) in [5.41, 5.74) is 1.18. The number of hydrogen-bond donors (Lipinski definition) is 0. The second kappa shape index (κ2) is 4.22. The molecule has 1 heteroatoms. The molecule has 0 unspecified atom stereocenters. The van der Waals surface area contributed by atoms with Crippen molar-refractivity contribution in [2.75, 3.05) is 13.1 Å². The second-order valence-corrected chi connectivity index (χ2v) is 3.00. The number of allylic oxidation sites excluding steroid dienone is 2. The molecule has 0 aliphatic carbocycles. The van der Waals surface area contributed by atoms with Gasteiger partial charge >= 0.3 is 0 Å². The lowest BCUT2D eigenvalue weighted by Gasteiger charge is -2.16. The first-order chi connectivity index (χ1) is 5.34. The molecule has 1 rings (SSSR count). The van der Waals surface area contributed by atoms with Crippen LogP contribution >= 0.6 is 0 Å². The highest BCUT2D eigenvalue weighted by Crippen LogP contribution is 2.13. The van der Waals surface area contributed by atoms with E-state index in [9.17, 15) is 0 Å². The van der Waals surface area contributed by atoms with Crippen molar-refractivity contribution in [3.63, 3.8) is 0 Å². The van der Waals surface area contributed by atoms with Crippen LogP contribution in [-0.2, 0) is 0 Å². The fourth-order valence-electron chi connectivity index (χ4n) is 1.36. The molecule has 1 heterocycles. The normalized spacial score (nSPS) is 18.1. The van der Waals surface area contributed by atoms with Crippen LogP contribution in [0.5, 0.6) is 0 Å². The van der Waals surface area contributed by atoms with Gasteiger partial charge in [-0.05, 0) is 25.3 Å². The first-order valence-electron chi connectivity index (χ1n) is 4.45. The monoisotopic (exact) mass is 151 g/mol. The van der Waals surface area contributed by atoms with Crippen LogP contribution in [-0.4, -0.2) is 18.0 Å². The highest BCUT2D eigenvalue weighted by Gasteiger charge is 2.10. The third-order valence-electron chi connectivity index (χ3n) is 2.06. The average Bonchev–Trinajstić information content (AvgIpc) is 2.52. The summed E-state index contributed by atoms with van der Waals surface area (Å²) in [7, 11) is 0. The first-order valence-corrected chi connectivity index (χ1v) is 4.45. The van der Waals surface area contributed by atoms with Crippen molar-refractivity contribution < 1.29 is 0 Å². The lowest BCUT2D eigenvalue weighted by atomic mass is 10.3. The summed E-state index contributed by atoms with van der Waals surface area (Å²) in [4.78, 5) is 2.35. The van der Waals surface area contributed by atoms with E-state index in [0.717, 1.165) is 6.42 Å². The largest absolute Gasteiger partial charge is 0.372 e. The van der Waals surface area contributed by atoms with Crippen LogP contribution in [0, 0.1) is 0 Å². The molecule has 1 aliphatic heterocycles. The molecule has 0 aromatic heterocycles. The van der Waals surface area contributed by atoms with Gasteiger partial charge in [-0.25, -0.2) is 0 Å². The molecule has 0 amide bonds. The van der Waals surface area contributed by atoms with Crippen molar-refractivity contribution in [1.29, 1.82) is 0 Å². The van der Waals surface area contributed by atoms with E-state index in [2.05, 4.69) is 30.6 Å². The molecule has 1 fully saturated rings. The van der Waals surface area contributed by atoms with E-state index in [4.69, 9.17) is 0 Å². The molecular weight excluding hydrogens is 134 g/mol. The molecule has 1 saturated heterocycles. The third kappa shape index (κ3) is 2.41. The smallest absolute Gasteiger partial charge is 0.0289 e. The molecule has 0 aromatic carbocycles. The van der Waals surface area contributed by atoms with Gasteiger partial charge in [0.1, 0.15) is 0 Å². The van der Waals surface area contributed by atoms with Gasteiger partial charge in [0, 0.05) is 18.8 Å². The summed E-state index contributed by atoms with van der Waals surface area (Å²) in [5.74, 6) is 0. The molecule has 1 aliphatic rings. The van der Waals surface area contributed by atoms with E-state index in [1.54, 1.807) is 0 Å². The Labute approximate surface area is 69.4 Å². The van der Waals surface area contributed by atoms with Gasteiger partial charge in [0.15, 0.2) is 0 Å². The maximum Gasteiger partial charge on any atom is 0.0289 e. The lowest BCUT2D eigenvalue weighted by molar-refractivity contribution is 0.442. The molecule has 11 heavy (non-hydrogen) atoms. The summed E-state index contributed by atoms with van der Waals surface area (Å²) in [5, 5.41) is 0. The Hall–Kier alpha value is -0.720. The maximum absolute atomic E-state index is 4.01. The van der Waals surface area contributed by atoms with Crippen molar-refractivity contribution >= 4 is 0 Å². The molecular formula is C10H17N.